The minimum atomic E-state index is -0.469. The quantitative estimate of drug-likeness (QED) is 0.647. The number of ether oxygens (including phenoxy) is 1. The van der Waals surface area contributed by atoms with Gasteiger partial charge in [-0.1, -0.05) is 37.3 Å². The number of hydrogen-bond acceptors (Lipinski definition) is 4. The summed E-state index contributed by atoms with van der Waals surface area (Å²) >= 11 is 0. The Morgan fingerprint density at radius 3 is 2.75 bits per heavy atom. The zero-order valence-electron chi connectivity index (χ0n) is 17.5. The number of carbonyl (C=O) groups is 1. The maximum absolute atomic E-state index is 13.0. The largest absolute Gasteiger partial charge is 0.466 e. The van der Waals surface area contributed by atoms with E-state index in [1.165, 1.54) is 16.8 Å². The van der Waals surface area contributed by atoms with Crippen LogP contribution in [0.25, 0.3) is 0 Å². The van der Waals surface area contributed by atoms with E-state index in [1.54, 1.807) is 0 Å². The highest BCUT2D eigenvalue weighted by Gasteiger charge is 2.43. The van der Waals surface area contributed by atoms with Crippen molar-refractivity contribution in [2.45, 2.75) is 59.5 Å². The molecule has 0 aliphatic carbocycles. The number of aromatic nitrogens is 2. The lowest BCUT2D eigenvalue weighted by molar-refractivity contribution is -0.159. The summed E-state index contributed by atoms with van der Waals surface area (Å²) in [5.41, 5.74) is 3.22. The van der Waals surface area contributed by atoms with Crippen molar-refractivity contribution in [3.63, 3.8) is 0 Å². The summed E-state index contributed by atoms with van der Waals surface area (Å²) in [6.45, 7) is 10.2. The predicted octanol–water partition coefficient (Wildman–Crippen LogP) is 3.99. The molecule has 1 aliphatic rings. The average molecular weight is 384 g/mol. The maximum atomic E-state index is 13.0. The van der Waals surface area contributed by atoms with Crippen LogP contribution in [-0.2, 0) is 29.0 Å². The highest BCUT2D eigenvalue weighted by molar-refractivity contribution is 5.77. The number of piperidine rings is 1. The lowest BCUT2D eigenvalue weighted by Crippen LogP contribution is -2.49. The van der Waals surface area contributed by atoms with Gasteiger partial charge in [-0.2, -0.15) is 5.10 Å². The fraction of sp³-hybridized carbons (Fsp3) is 0.565. The monoisotopic (exact) mass is 383 g/mol. The van der Waals surface area contributed by atoms with Gasteiger partial charge >= 0.3 is 5.97 Å². The fourth-order valence-electron chi connectivity index (χ4n) is 4.33. The number of aryl methyl sites for hydroxylation is 1. The van der Waals surface area contributed by atoms with E-state index in [-0.39, 0.29) is 5.97 Å². The van der Waals surface area contributed by atoms with Crippen LogP contribution in [0.1, 0.15) is 49.9 Å². The van der Waals surface area contributed by atoms with Gasteiger partial charge in [0.05, 0.1) is 18.2 Å². The first-order valence-electron chi connectivity index (χ1n) is 10.5. The molecule has 0 bridgehead atoms. The van der Waals surface area contributed by atoms with Gasteiger partial charge in [0.1, 0.15) is 0 Å². The Hall–Kier alpha value is -2.14. The minimum absolute atomic E-state index is 0.0537. The molecule has 5 heteroatoms. The van der Waals surface area contributed by atoms with E-state index >= 15 is 0 Å². The average Bonchev–Trinajstić information content (AvgIpc) is 3.03. The van der Waals surface area contributed by atoms with Crippen molar-refractivity contribution < 1.29 is 9.53 Å². The molecule has 152 valence electrons. The van der Waals surface area contributed by atoms with Crippen LogP contribution < -0.4 is 0 Å². The number of esters is 1. The highest BCUT2D eigenvalue weighted by Crippen LogP contribution is 2.36. The molecular weight excluding hydrogens is 350 g/mol. The van der Waals surface area contributed by atoms with Crippen LogP contribution in [0.3, 0.4) is 0 Å². The summed E-state index contributed by atoms with van der Waals surface area (Å²) in [7, 11) is 0. The molecule has 1 fully saturated rings. The number of hydrogen-bond donors (Lipinski definition) is 0. The minimum Gasteiger partial charge on any atom is -0.466 e. The maximum Gasteiger partial charge on any atom is 0.313 e. The van der Waals surface area contributed by atoms with Crippen LogP contribution in [0, 0.1) is 12.3 Å². The van der Waals surface area contributed by atoms with Crippen molar-refractivity contribution in [3.05, 3.63) is 53.3 Å². The SMILES string of the molecule is CCCn1ncc(CN2CCC[C@](Cc3ccccc3)(C(=O)OCC)C2)c1C. The van der Waals surface area contributed by atoms with Crippen molar-refractivity contribution in [2.24, 2.45) is 5.41 Å². The zero-order valence-corrected chi connectivity index (χ0v) is 17.5. The Labute approximate surface area is 168 Å². The molecule has 2 aromatic rings. The second kappa shape index (κ2) is 9.37. The molecule has 3 rings (SSSR count). The molecule has 1 saturated heterocycles. The highest BCUT2D eigenvalue weighted by atomic mass is 16.5. The Morgan fingerprint density at radius 2 is 2.04 bits per heavy atom. The van der Waals surface area contributed by atoms with Crippen LogP contribution >= 0.6 is 0 Å². The van der Waals surface area contributed by atoms with Gasteiger partial charge in [0.2, 0.25) is 0 Å². The molecule has 0 saturated carbocycles. The second-order valence-electron chi connectivity index (χ2n) is 7.96. The summed E-state index contributed by atoms with van der Waals surface area (Å²) in [5, 5.41) is 4.54. The molecule has 0 spiro atoms. The van der Waals surface area contributed by atoms with Gasteiger partial charge in [-0.15, -0.1) is 0 Å². The first-order chi connectivity index (χ1) is 13.6. The summed E-state index contributed by atoms with van der Waals surface area (Å²) < 4.78 is 7.62. The van der Waals surface area contributed by atoms with Crippen molar-refractivity contribution in [2.75, 3.05) is 19.7 Å². The first kappa shape index (κ1) is 20.6. The van der Waals surface area contributed by atoms with Crippen LogP contribution in [-0.4, -0.2) is 40.3 Å². The first-order valence-corrected chi connectivity index (χ1v) is 10.5. The Bertz CT molecular complexity index is 771. The van der Waals surface area contributed by atoms with E-state index in [0.717, 1.165) is 51.9 Å². The molecule has 1 atom stereocenters. The Kier molecular flexibility index (Phi) is 6.89. The van der Waals surface area contributed by atoms with Crippen LogP contribution in [0.2, 0.25) is 0 Å². The normalized spacial score (nSPS) is 20.2. The van der Waals surface area contributed by atoms with Crippen LogP contribution in [0.15, 0.2) is 36.5 Å². The van der Waals surface area contributed by atoms with E-state index < -0.39 is 5.41 Å². The third-order valence-electron chi connectivity index (χ3n) is 5.78. The lowest BCUT2D eigenvalue weighted by Gasteiger charge is -2.41. The zero-order chi connectivity index (χ0) is 20.0. The molecular formula is C23H33N3O2. The van der Waals surface area contributed by atoms with Gasteiger partial charge < -0.3 is 4.74 Å². The topological polar surface area (TPSA) is 47.4 Å². The lowest BCUT2D eigenvalue weighted by atomic mass is 9.75. The van der Waals surface area contributed by atoms with E-state index in [0.29, 0.717) is 6.61 Å². The molecule has 0 radical (unpaired) electrons. The van der Waals surface area contributed by atoms with Crippen molar-refractivity contribution in [1.29, 1.82) is 0 Å². The summed E-state index contributed by atoms with van der Waals surface area (Å²) in [4.78, 5) is 15.4. The third kappa shape index (κ3) is 4.64. The Balaban J connectivity index is 1.78. The molecule has 5 nitrogen and oxygen atoms in total. The third-order valence-corrected chi connectivity index (χ3v) is 5.78. The number of nitrogens with zero attached hydrogens (tertiary/aromatic N) is 3. The number of carbonyl (C=O) groups excluding carboxylic acids is 1. The van der Waals surface area contributed by atoms with E-state index in [9.17, 15) is 4.79 Å². The molecule has 1 aromatic heterocycles. The summed E-state index contributed by atoms with van der Waals surface area (Å²) in [6, 6.07) is 10.3. The summed E-state index contributed by atoms with van der Waals surface area (Å²) in [5.74, 6) is -0.0537. The van der Waals surface area contributed by atoms with Crippen LogP contribution in [0.5, 0.6) is 0 Å². The number of likely N-dealkylation sites (tertiary alicyclic amines) is 1. The van der Waals surface area contributed by atoms with Gasteiger partial charge in [-0.25, -0.2) is 0 Å². The Morgan fingerprint density at radius 1 is 1.25 bits per heavy atom. The van der Waals surface area contributed by atoms with Gasteiger partial charge in [-0.05, 0) is 51.6 Å². The van der Waals surface area contributed by atoms with Crippen molar-refractivity contribution in [3.8, 4) is 0 Å². The second-order valence-corrected chi connectivity index (χ2v) is 7.96. The smallest absolute Gasteiger partial charge is 0.313 e. The van der Waals surface area contributed by atoms with Gasteiger partial charge in [-0.3, -0.25) is 14.4 Å². The van der Waals surface area contributed by atoms with Gasteiger partial charge in [0.25, 0.3) is 0 Å². The van der Waals surface area contributed by atoms with Crippen molar-refractivity contribution >= 4 is 5.97 Å². The number of rotatable bonds is 8. The molecule has 1 aromatic carbocycles. The molecule has 0 unspecified atom stereocenters. The summed E-state index contributed by atoms with van der Waals surface area (Å²) in [6.07, 6.45) is 5.69. The number of benzene rings is 1. The van der Waals surface area contributed by atoms with E-state index in [2.05, 4.69) is 40.7 Å². The van der Waals surface area contributed by atoms with Gasteiger partial charge in [0.15, 0.2) is 0 Å². The fourth-order valence-corrected chi connectivity index (χ4v) is 4.33. The molecule has 28 heavy (non-hydrogen) atoms. The molecule has 0 N–H and O–H groups in total. The van der Waals surface area contributed by atoms with E-state index in [4.69, 9.17) is 4.74 Å². The predicted molar refractivity (Wildman–Crippen MR) is 111 cm³/mol. The van der Waals surface area contributed by atoms with Crippen LogP contribution in [0.4, 0.5) is 0 Å². The molecule has 1 aliphatic heterocycles. The van der Waals surface area contributed by atoms with Gasteiger partial charge in [0, 0.05) is 30.9 Å². The standard InChI is InChI=1S/C23H33N3O2/c1-4-13-26-19(3)21(16-24-26)17-25-14-9-12-23(18-25,22(27)28-5-2)15-20-10-7-6-8-11-20/h6-8,10-11,16H,4-5,9,12-15,17-18H2,1-3H3/t23-/m1/s1. The van der Waals surface area contributed by atoms with Crippen molar-refractivity contribution in [1.82, 2.24) is 14.7 Å². The molecule has 0 amide bonds. The molecule has 2 heterocycles. The van der Waals surface area contributed by atoms with E-state index in [1.807, 2.05) is 31.3 Å².